The zero-order chi connectivity index (χ0) is 12.3. The Balaban J connectivity index is 1.83. The third-order valence-corrected chi connectivity index (χ3v) is 3.62. The predicted octanol–water partition coefficient (Wildman–Crippen LogP) is -0.263. The molecule has 0 unspecified atom stereocenters. The Morgan fingerprint density at radius 1 is 1.41 bits per heavy atom. The van der Waals surface area contributed by atoms with E-state index < -0.39 is 6.10 Å². The predicted molar refractivity (Wildman–Crippen MR) is 63.6 cm³/mol. The van der Waals surface area contributed by atoms with Gasteiger partial charge in [0.25, 0.3) is 5.91 Å². The molecule has 1 aliphatic carbocycles. The van der Waals surface area contributed by atoms with Gasteiger partial charge < -0.3 is 20.1 Å². The van der Waals surface area contributed by atoms with Gasteiger partial charge in [-0.2, -0.15) is 0 Å². The fourth-order valence-electron chi connectivity index (χ4n) is 2.49. The van der Waals surface area contributed by atoms with Crippen molar-refractivity contribution in [1.82, 2.24) is 10.2 Å². The van der Waals surface area contributed by atoms with E-state index in [1.54, 1.807) is 0 Å². The van der Waals surface area contributed by atoms with Gasteiger partial charge in [-0.15, -0.1) is 0 Å². The van der Waals surface area contributed by atoms with Crippen LogP contribution in [-0.2, 0) is 9.53 Å². The van der Waals surface area contributed by atoms with E-state index in [0.717, 1.165) is 32.2 Å². The summed E-state index contributed by atoms with van der Waals surface area (Å²) in [5.41, 5.74) is 0. The standard InChI is InChI=1S/C12H22N2O3/c1-14-6-7-17-11(8-14)12(16)13-9-4-2-3-5-10(9)15/h9-11,15H,2-8H2,1H3,(H,13,16)/t9-,10+,11+/m1/s1. The lowest BCUT2D eigenvalue weighted by Gasteiger charge is -2.33. The number of hydrogen-bond donors (Lipinski definition) is 2. The second kappa shape index (κ2) is 5.80. The molecule has 98 valence electrons. The van der Waals surface area contributed by atoms with Crippen molar-refractivity contribution in [3.8, 4) is 0 Å². The summed E-state index contributed by atoms with van der Waals surface area (Å²) in [5.74, 6) is -0.0810. The first-order valence-corrected chi connectivity index (χ1v) is 6.45. The summed E-state index contributed by atoms with van der Waals surface area (Å²) < 4.78 is 5.45. The molecule has 2 rings (SSSR count). The monoisotopic (exact) mass is 242 g/mol. The highest BCUT2D eigenvalue weighted by Crippen LogP contribution is 2.18. The Kier molecular flexibility index (Phi) is 4.36. The number of nitrogens with zero attached hydrogens (tertiary/aromatic N) is 1. The van der Waals surface area contributed by atoms with Crippen LogP contribution >= 0.6 is 0 Å². The van der Waals surface area contributed by atoms with E-state index in [-0.39, 0.29) is 18.1 Å². The summed E-state index contributed by atoms with van der Waals surface area (Å²) >= 11 is 0. The number of hydrogen-bond acceptors (Lipinski definition) is 4. The number of aliphatic hydroxyl groups is 1. The minimum absolute atomic E-state index is 0.0810. The molecule has 5 nitrogen and oxygen atoms in total. The molecule has 0 aromatic carbocycles. The highest BCUT2D eigenvalue weighted by molar-refractivity contribution is 5.81. The minimum Gasteiger partial charge on any atom is -0.391 e. The van der Waals surface area contributed by atoms with Gasteiger partial charge in [0, 0.05) is 13.1 Å². The maximum Gasteiger partial charge on any atom is 0.250 e. The molecule has 1 amide bonds. The van der Waals surface area contributed by atoms with E-state index >= 15 is 0 Å². The number of carbonyl (C=O) groups excluding carboxylic acids is 1. The lowest BCUT2D eigenvalue weighted by molar-refractivity contribution is -0.139. The molecule has 0 radical (unpaired) electrons. The molecule has 0 bridgehead atoms. The molecule has 1 aliphatic heterocycles. The third-order valence-electron chi connectivity index (χ3n) is 3.62. The fourth-order valence-corrected chi connectivity index (χ4v) is 2.49. The van der Waals surface area contributed by atoms with Gasteiger partial charge in [0.2, 0.25) is 0 Å². The van der Waals surface area contributed by atoms with E-state index in [1.807, 2.05) is 7.05 Å². The summed E-state index contributed by atoms with van der Waals surface area (Å²) in [4.78, 5) is 14.1. The Bertz CT molecular complexity index is 272. The van der Waals surface area contributed by atoms with Crippen LogP contribution in [0, 0.1) is 0 Å². The van der Waals surface area contributed by atoms with Crippen molar-refractivity contribution in [3.63, 3.8) is 0 Å². The average Bonchev–Trinajstić information content (AvgIpc) is 2.32. The Labute approximate surface area is 102 Å². The largest absolute Gasteiger partial charge is 0.391 e. The number of aliphatic hydroxyl groups excluding tert-OH is 1. The summed E-state index contributed by atoms with van der Waals surface area (Å²) in [7, 11) is 1.98. The zero-order valence-corrected chi connectivity index (χ0v) is 10.4. The van der Waals surface area contributed by atoms with E-state index in [0.29, 0.717) is 13.2 Å². The second-order valence-corrected chi connectivity index (χ2v) is 5.09. The van der Waals surface area contributed by atoms with Gasteiger partial charge in [-0.1, -0.05) is 12.8 Å². The molecule has 2 fully saturated rings. The number of nitrogens with one attached hydrogen (secondary N) is 1. The van der Waals surface area contributed by atoms with Crippen LogP contribution in [0.5, 0.6) is 0 Å². The van der Waals surface area contributed by atoms with Crippen molar-refractivity contribution in [2.24, 2.45) is 0 Å². The Hall–Kier alpha value is -0.650. The van der Waals surface area contributed by atoms with E-state index in [2.05, 4.69) is 10.2 Å². The molecule has 1 saturated heterocycles. The fraction of sp³-hybridized carbons (Fsp3) is 0.917. The molecule has 2 aliphatic rings. The number of amides is 1. The van der Waals surface area contributed by atoms with Gasteiger partial charge in [-0.25, -0.2) is 0 Å². The van der Waals surface area contributed by atoms with Gasteiger partial charge in [0.05, 0.1) is 18.8 Å². The molecular formula is C12H22N2O3. The maximum absolute atomic E-state index is 12.0. The van der Waals surface area contributed by atoms with Crippen LogP contribution < -0.4 is 5.32 Å². The molecule has 5 heteroatoms. The first-order valence-electron chi connectivity index (χ1n) is 6.45. The van der Waals surface area contributed by atoms with Crippen LogP contribution in [-0.4, -0.2) is 60.9 Å². The number of morpholine rings is 1. The van der Waals surface area contributed by atoms with Crippen molar-refractivity contribution in [1.29, 1.82) is 0 Å². The van der Waals surface area contributed by atoms with Gasteiger partial charge in [-0.3, -0.25) is 4.79 Å². The van der Waals surface area contributed by atoms with Gasteiger partial charge >= 0.3 is 0 Å². The number of ether oxygens (including phenoxy) is 1. The van der Waals surface area contributed by atoms with Crippen molar-refractivity contribution in [3.05, 3.63) is 0 Å². The van der Waals surface area contributed by atoms with Crippen LogP contribution in [0.15, 0.2) is 0 Å². The van der Waals surface area contributed by atoms with Crippen LogP contribution in [0.1, 0.15) is 25.7 Å². The number of carbonyl (C=O) groups is 1. The van der Waals surface area contributed by atoms with Gasteiger partial charge in [0.1, 0.15) is 6.10 Å². The number of rotatable bonds is 2. The molecule has 17 heavy (non-hydrogen) atoms. The van der Waals surface area contributed by atoms with Crippen LogP contribution in [0.3, 0.4) is 0 Å². The molecule has 3 atom stereocenters. The quantitative estimate of drug-likeness (QED) is 0.700. The van der Waals surface area contributed by atoms with E-state index in [9.17, 15) is 9.90 Å². The smallest absolute Gasteiger partial charge is 0.250 e. The molecule has 0 aromatic heterocycles. The topological polar surface area (TPSA) is 61.8 Å². The summed E-state index contributed by atoms with van der Waals surface area (Å²) in [6, 6.07) is -0.0907. The zero-order valence-electron chi connectivity index (χ0n) is 10.4. The lowest BCUT2D eigenvalue weighted by Crippen LogP contribution is -2.53. The van der Waals surface area contributed by atoms with E-state index in [4.69, 9.17) is 4.74 Å². The SMILES string of the molecule is CN1CCO[C@H](C(=O)N[C@@H]2CCCC[C@@H]2O)C1. The second-order valence-electron chi connectivity index (χ2n) is 5.09. The molecular weight excluding hydrogens is 220 g/mol. The Morgan fingerprint density at radius 2 is 2.18 bits per heavy atom. The number of likely N-dealkylation sites (N-methyl/N-ethyl adjacent to an activating group) is 1. The van der Waals surface area contributed by atoms with Crippen LogP contribution in [0.4, 0.5) is 0 Å². The maximum atomic E-state index is 12.0. The van der Waals surface area contributed by atoms with Crippen molar-refractivity contribution in [2.75, 3.05) is 26.7 Å². The van der Waals surface area contributed by atoms with Gasteiger partial charge in [0.15, 0.2) is 0 Å². The van der Waals surface area contributed by atoms with Crippen molar-refractivity contribution >= 4 is 5.91 Å². The van der Waals surface area contributed by atoms with E-state index in [1.165, 1.54) is 0 Å². The molecule has 0 spiro atoms. The highest BCUT2D eigenvalue weighted by atomic mass is 16.5. The highest BCUT2D eigenvalue weighted by Gasteiger charge is 2.30. The summed E-state index contributed by atoms with van der Waals surface area (Å²) in [5, 5.41) is 12.7. The minimum atomic E-state index is -0.394. The van der Waals surface area contributed by atoms with Crippen LogP contribution in [0.2, 0.25) is 0 Å². The Morgan fingerprint density at radius 3 is 2.88 bits per heavy atom. The first kappa shape index (κ1) is 12.8. The molecule has 1 saturated carbocycles. The molecule has 1 heterocycles. The van der Waals surface area contributed by atoms with Gasteiger partial charge in [-0.05, 0) is 19.9 Å². The average molecular weight is 242 g/mol. The van der Waals surface area contributed by atoms with Crippen LogP contribution in [0.25, 0.3) is 0 Å². The summed E-state index contributed by atoms with van der Waals surface area (Å²) in [6.07, 6.45) is 3.01. The molecule has 0 aromatic rings. The lowest BCUT2D eigenvalue weighted by atomic mass is 9.92. The van der Waals surface area contributed by atoms with Crippen molar-refractivity contribution in [2.45, 2.75) is 43.9 Å². The normalized spacial score (nSPS) is 35.5. The van der Waals surface area contributed by atoms with Crippen molar-refractivity contribution < 1.29 is 14.6 Å². The summed E-state index contributed by atoms with van der Waals surface area (Å²) in [6.45, 7) is 2.10. The molecule has 2 N–H and O–H groups in total. The first-order chi connectivity index (χ1) is 8.16. The third kappa shape index (κ3) is 3.40.